The van der Waals surface area contributed by atoms with Crippen molar-refractivity contribution < 1.29 is 19.4 Å². The van der Waals surface area contributed by atoms with Crippen LogP contribution < -0.4 is 10.1 Å². The van der Waals surface area contributed by atoms with Gasteiger partial charge in [-0.05, 0) is 47.5 Å². The van der Waals surface area contributed by atoms with Crippen LogP contribution >= 0.6 is 0 Å². The number of aromatic carboxylic acids is 1. The molecule has 2 N–H and O–H groups in total. The van der Waals surface area contributed by atoms with Gasteiger partial charge in [-0.15, -0.1) is 0 Å². The van der Waals surface area contributed by atoms with Crippen molar-refractivity contribution in [2.45, 2.75) is 19.3 Å². The number of ether oxygens (including phenoxy) is 1. The van der Waals surface area contributed by atoms with Crippen molar-refractivity contribution in [3.05, 3.63) is 95.6 Å². The molecular formula is C24H23NO4. The highest BCUT2D eigenvalue weighted by molar-refractivity contribution is 5.93. The van der Waals surface area contributed by atoms with Crippen LogP contribution in [0.15, 0.2) is 78.9 Å². The minimum atomic E-state index is -1.01. The molecule has 0 aliphatic rings. The molecule has 0 radical (unpaired) electrons. The molecule has 3 aromatic carbocycles. The largest absolute Gasteiger partial charge is 0.484 e. The highest BCUT2D eigenvalue weighted by Gasteiger charge is 2.22. The Hall–Kier alpha value is -3.60. The van der Waals surface area contributed by atoms with Crippen molar-refractivity contribution in [3.8, 4) is 5.75 Å². The van der Waals surface area contributed by atoms with Gasteiger partial charge < -0.3 is 15.2 Å². The average molecular weight is 389 g/mol. The van der Waals surface area contributed by atoms with E-state index in [1.54, 1.807) is 12.1 Å². The van der Waals surface area contributed by atoms with E-state index in [0.717, 1.165) is 5.56 Å². The number of hydrogen-bond donors (Lipinski definition) is 2. The van der Waals surface area contributed by atoms with E-state index in [9.17, 15) is 9.59 Å². The molecule has 3 aromatic rings. The second kappa shape index (κ2) is 8.61. The number of amides is 1. The first kappa shape index (κ1) is 20.1. The summed E-state index contributed by atoms with van der Waals surface area (Å²) in [5, 5.41) is 11.6. The van der Waals surface area contributed by atoms with Crippen molar-refractivity contribution >= 4 is 17.6 Å². The molecule has 3 rings (SSSR count). The van der Waals surface area contributed by atoms with Crippen LogP contribution in [0, 0.1) is 0 Å². The summed E-state index contributed by atoms with van der Waals surface area (Å²) in [4.78, 5) is 22.9. The third-order valence-electron chi connectivity index (χ3n) is 4.86. The molecular weight excluding hydrogens is 366 g/mol. The first-order chi connectivity index (χ1) is 13.9. The first-order valence-corrected chi connectivity index (χ1v) is 9.28. The van der Waals surface area contributed by atoms with Gasteiger partial charge in [-0.2, -0.15) is 0 Å². The van der Waals surface area contributed by atoms with Crippen LogP contribution in [0.2, 0.25) is 0 Å². The molecule has 0 fully saturated rings. The van der Waals surface area contributed by atoms with Crippen molar-refractivity contribution in [3.63, 3.8) is 0 Å². The number of benzene rings is 3. The van der Waals surface area contributed by atoms with E-state index in [2.05, 4.69) is 31.3 Å². The first-order valence-electron chi connectivity index (χ1n) is 9.28. The normalized spacial score (nSPS) is 11.0. The molecule has 0 aliphatic heterocycles. The van der Waals surface area contributed by atoms with Crippen molar-refractivity contribution in [1.82, 2.24) is 0 Å². The number of carbonyl (C=O) groups is 2. The molecule has 1 amide bonds. The fourth-order valence-corrected chi connectivity index (χ4v) is 3.03. The van der Waals surface area contributed by atoms with Crippen LogP contribution in [0.5, 0.6) is 5.75 Å². The molecule has 0 heterocycles. The number of carbonyl (C=O) groups excluding carboxylic acids is 1. The fraction of sp³-hybridized carbons (Fsp3) is 0.167. The number of carboxylic acid groups (broad SMARTS) is 1. The molecule has 0 unspecified atom stereocenters. The van der Waals surface area contributed by atoms with Gasteiger partial charge >= 0.3 is 5.97 Å². The Morgan fingerprint density at radius 3 is 2.03 bits per heavy atom. The van der Waals surface area contributed by atoms with Gasteiger partial charge in [-0.25, -0.2) is 4.79 Å². The Morgan fingerprint density at radius 1 is 0.862 bits per heavy atom. The summed E-state index contributed by atoms with van der Waals surface area (Å²) in [6, 6.07) is 24.0. The lowest BCUT2D eigenvalue weighted by Gasteiger charge is -2.26. The predicted octanol–water partition coefficient (Wildman–Crippen LogP) is 4.73. The molecule has 0 bridgehead atoms. The van der Waals surface area contributed by atoms with Crippen LogP contribution in [0.3, 0.4) is 0 Å². The van der Waals surface area contributed by atoms with Gasteiger partial charge in [-0.3, -0.25) is 4.79 Å². The zero-order valence-corrected chi connectivity index (χ0v) is 16.4. The van der Waals surface area contributed by atoms with Crippen LogP contribution in [0.4, 0.5) is 5.69 Å². The van der Waals surface area contributed by atoms with Crippen LogP contribution in [0.25, 0.3) is 0 Å². The van der Waals surface area contributed by atoms with Crippen molar-refractivity contribution in [2.24, 2.45) is 0 Å². The Labute approximate surface area is 170 Å². The average Bonchev–Trinajstić information content (AvgIpc) is 2.73. The third kappa shape index (κ3) is 5.02. The minimum Gasteiger partial charge on any atom is -0.484 e. The maximum Gasteiger partial charge on any atom is 0.335 e. The summed E-state index contributed by atoms with van der Waals surface area (Å²) in [6.45, 7) is 4.20. The Morgan fingerprint density at radius 2 is 1.45 bits per heavy atom. The molecule has 5 heteroatoms. The Bertz CT molecular complexity index is 978. The maximum atomic E-state index is 12.1. The van der Waals surface area contributed by atoms with Crippen molar-refractivity contribution in [2.75, 3.05) is 11.9 Å². The standard InChI is InChI=1S/C24H23NO4/c1-24(2,18-6-4-3-5-7-18)19-10-14-21(15-11-19)29-16-22(26)25-20-12-8-17(9-13-20)23(27)28/h3-15H,16H2,1-2H3,(H,25,26)(H,27,28). The summed E-state index contributed by atoms with van der Waals surface area (Å²) >= 11 is 0. The van der Waals surface area contributed by atoms with E-state index < -0.39 is 5.97 Å². The summed E-state index contributed by atoms with van der Waals surface area (Å²) in [7, 11) is 0. The monoisotopic (exact) mass is 389 g/mol. The van der Waals surface area contributed by atoms with Gasteiger partial charge in [-0.1, -0.05) is 56.3 Å². The van der Waals surface area contributed by atoms with E-state index in [4.69, 9.17) is 9.84 Å². The van der Waals surface area contributed by atoms with Gasteiger partial charge in [0.2, 0.25) is 0 Å². The molecule has 0 aliphatic carbocycles. The van der Waals surface area contributed by atoms with E-state index in [1.807, 2.05) is 42.5 Å². The zero-order chi connectivity index (χ0) is 20.9. The predicted molar refractivity (Wildman–Crippen MR) is 113 cm³/mol. The molecule has 0 spiro atoms. The highest BCUT2D eigenvalue weighted by Crippen LogP contribution is 2.32. The number of anilines is 1. The molecule has 0 saturated heterocycles. The number of hydrogen-bond acceptors (Lipinski definition) is 3. The zero-order valence-electron chi connectivity index (χ0n) is 16.4. The number of carboxylic acids is 1. The highest BCUT2D eigenvalue weighted by atomic mass is 16.5. The summed E-state index contributed by atoms with van der Waals surface area (Å²) < 4.78 is 5.57. The Kier molecular flexibility index (Phi) is 5.98. The van der Waals surface area contributed by atoms with Crippen LogP contribution in [0.1, 0.15) is 35.3 Å². The van der Waals surface area contributed by atoms with Gasteiger partial charge in [0.25, 0.3) is 5.91 Å². The molecule has 29 heavy (non-hydrogen) atoms. The van der Waals surface area contributed by atoms with Gasteiger partial charge in [0.1, 0.15) is 5.75 Å². The summed E-state index contributed by atoms with van der Waals surface area (Å²) in [6.07, 6.45) is 0. The lowest BCUT2D eigenvalue weighted by Crippen LogP contribution is -2.20. The van der Waals surface area contributed by atoms with E-state index in [1.165, 1.54) is 17.7 Å². The Balaban J connectivity index is 1.57. The molecule has 0 atom stereocenters. The maximum absolute atomic E-state index is 12.1. The lowest BCUT2D eigenvalue weighted by molar-refractivity contribution is -0.118. The molecule has 0 aromatic heterocycles. The summed E-state index contributed by atoms with van der Waals surface area (Å²) in [5.41, 5.74) is 2.92. The number of nitrogens with one attached hydrogen (secondary N) is 1. The van der Waals surface area contributed by atoms with Crippen LogP contribution in [-0.2, 0) is 10.2 Å². The van der Waals surface area contributed by atoms with Gasteiger partial charge in [0, 0.05) is 11.1 Å². The van der Waals surface area contributed by atoms with Gasteiger partial charge in [0.05, 0.1) is 5.56 Å². The van der Waals surface area contributed by atoms with Gasteiger partial charge in [0.15, 0.2) is 6.61 Å². The fourth-order valence-electron chi connectivity index (χ4n) is 3.03. The van der Waals surface area contributed by atoms with E-state index in [-0.39, 0.29) is 23.5 Å². The second-order valence-electron chi connectivity index (χ2n) is 7.23. The molecule has 148 valence electrons. The minimum absolute atomic E-state index is 0.137. The lowest BCUT2D eigenvalue weighted by atomic mass is 9.78. The van der Waals surface area contributed by atoms with Crippen molar-refractivity contribution in [1.29, 1.82) is 0 Å². The third-order valence-corrected chi connectivity index (χ3v) is 4.86. The van der Waals surface area contributed by atoms with Crippen LogP contribution in [-0.4, -0.2) is 23.6 Å². The smallest absolute Gasteiger partial charge is 0.335 e. The molecule has 5 nitrogen and oxygen atoms in total. The summed E-state index contributed by atoms with van der Waals surface area (Å²) in [5.74, 6) is -0.721. The SMILES string of the molecule is CC(C)(c1ccccc1)c1ccc(OCC(=O)Nc2ccc(C(=O)O)cc2)cc1. The quantitative estimate of drug-likeness (QED) is 0.613. The van der Waals surface area contributed by atoms with E-state index in [0.29, 0.717) is 11.4 Å². The topological polar surface area (TPSA) is 75.6 Å². The second-order valence-corrected chi connectivity index (χ2v) is 7.23. The van der Waals surface area contributed by atoms with E-state index >= 15 is 0 Å². The molecule has 0 saturated carbocycles. The number of rotatable bonds is 7.